The van der Waals surface area contributed by atoms with E-state index in [1.165, 1.54) is 12.8 Å². The van der Waals surface area contributed by atoms with Gasteiger partial charge in [0.15, 0.2) is 0 Å². The van der Waals surface area contributed by atoms with Crippen LogP contribution in [0, 0.1) is 0 Å². The fraction of sp³-hybridized carbons (Fsp3) is 0.286. The molecule has 26 heavy (non-hydrogen) atoms. The number of carbonyl (C=O) groups is 1. The molecule has 5 heteroatoms. The Hall–Kier alpha value is -2.95. The molecule has 0 saturated heterocycles. The molecule has 2 saturated carbocycles. The van der Waals surface area contributed by atoms with Crippen LogP contribution in [0.3, 0.4) is 0 Å². The Morgan fingerprint density at radius 2 is 1.73 bits per heavy atom. The summed E-state index contributed by atoms with van der Waals surface area (Å²) in [5, 5.41) is 7.55. The van der Waals surface area contributed by atoms with E-state index < -0.39 is 0 Å². The molecule has 5 nitrogen and oxygen atoms in total. The van der Waals surface area contributed by atoms with Crippen LogP contribution < -0.4 is 10.6 Å². The summed E-state index contributed by atoms with van der Waals surface area (Å²) in [6, 6.07) is 14.9. The van der Waals surface area contributed by atoms with Crippen LogP contribution in [0.25, 0.3) is 22.0 Å². The van der Waals surface area contributed by atoms with Gasteiger partial charge in [-0.05, 0) is 61.1 Å². The molecule has 2 fully saturated rings. The molecule has 0 bridgehead atoms. The predicted octanol–water partition coefficient (Wildman–Crippen LogP) is 3.76. The van der Waals surface area contributed by atoms with E-state index in [9.17, 15) is 4.79 Å². The molecule has 2 aliphatic carbocycles. The third-order valence-electron chi connectivity index (χ3n) is 4.92. The Morgan fingerprint density at radius 3 is 2.54 bits per heavy atom. The van der Waals surface area contributed by atoms with Crippen molar-refractivity contribution >= 4 is 22.6 Å². The zero-order valence-electron chi connectivity index (χ0n) is 14.4. The smallest absolute Gasteiger partial charge is 0.251 e. The summed E-state index contributed by atoms with van der Waals surface area (Å²) in [5.41, 5.74) is 3.72. The molecule has 0 spiro atoms. The zero-order valence-corrected chi connectivity index (χ0v) is 14.4. The maximum Gasteiger partial charge on any atom is 0.251 e. The Bertz CT molecular complexity index is 992. The standard InChI is InChI=1S/C21H20N4O/c26-21(25-17-7-8-17)15-3-1-2-13(10-15)14-4-9-19-18(11-14)20(23-12-22-19)24-16-5-6-16/h1-4,9-12,16-17H,5-8H2,(H,25,26)(H,22,23,24). The first-order valence-corrected chi connectivity index (χ1v) is 9.19. The highest BCUT2D eigenvalue weighted by Gasteiger charge is 2.24. The Morgan fingerprint density at radius 1 is 0.923 bits per heavy atom. The van der Waals surface area contributed by atoms with Crippen molar-refractivity contribution in [3.05, 3.63) is 54.4 Å². The first-order valence-electron chi connectivity index (χ1n) is 9.19. The number of nitrogens with one attached hydrogen (secondary N) is 2. The van der Waals surface area contributed by atoms with Crippen molar-refractivity contribution in [3.8, 4) is 11.1 Å². The monoisotopic (exact) mass is 344 g/mol. The van der Waals surface area contributed by atoms with Crippen molar-refractivity contribution in [3.63, 3.8) is 0 Å². The van der Waals surface area contributed by atoms with Crippen LogP contribution in [-0.2, 0) is 0 Å². The van der Waals surface area contributed by atoms with Crippen molar-refractivity contribution in [2.24, 2.45) is 0 Å². The van der Waals surface area contributed by atoms with Crippen molar-refractivity contribution in [2.45, 2.75) is 37.8 Å². The van der Waals surface area contributed by atoms with Crippen molar-refractivity contribution in [1.29, 1.82) is 0 Å². The molecule has 130 valence electrons. The molecule has 1 heterocycles. The number of benzene rings is 2. The third kappa shape index (κ3) is 3.12. The van der Waals surface area contributed by atoms with Gasteiger partial charge in [-0.3, -0.25) is 4.79 Å². The number of fused-ring (bicyclic) bond motifs is 1. The van der Waals surface area contributed by atoms with E-state index in [4.69, 9.17) is 0 Å². The van der Waals surface area contributed by atoms with E-state index in [1.54, 1.807) is 6.33 Å². The largest absolute Gasteiger partial charge is 0.367 e. The van der Waals surface area contributed by atoms with Crippen LogP contribution in [0.4, 0.5) is 5.82 Å². The quantitative estimate of drug-likeness (QED) is 0.739. The van der Waals surface area contributed by atoms with E-state index >= 15 is 0 Å². The van der Waals surface area contributed by atoms with Crippen molar-refractivity contribution in [2.75, 3.05) is 5.32 Å². The summed E-state index contributed by atoms with van der Waals surface area (Å²) in [5.74, 6) is 0.900. The maximum absolute atomic E-state index is 12.3. The van der Waals surface area contributed by atoms with Gasteiger partial charge in [0.2, 0.25) is 0 Å². The van der Waals surface area contributed by atoms with Crippen LogP contribution in [-0.4, -0.2) is 28.0 Å². The molecule has 5 rings (SSSR count). The van der Waals surface area contributed by atoms with Crippen LogP contribution in [0.15, 0.2) is 48.8 Å². The van der Waals surface area contributed by atoms with Crippen LogP contribution >= 0.6 is 0 Å². The number of carbonyl (C=O) groups excluding carboxylic acids is 1. The second-order valence-electron chi connectivity index (χ2n) is 7.20. The average molecular weight is 344 g/mol. The molecule has 1 amide bonds. The maximum atomic E-state index is 12.3. The Labute approximate surface area is 151 Å². The zero-order chi connectivity index (χ0) is 17.5. The fourth-order valence-corrected chi connectivity index (χ4v) is 3.11. The SMILES string of the molecule is O=C(NC1CC1)c1cccc(-c2ccc3ncnc(NC4CC4)c3c2)c1. The van der Waals surface area contributed by atoms with Gasteiger partial charge in [-0.2, -0.15) is 0 Å². The molecular formula is C21H20N4O. The van der Waals surface area contributed by atoms with E-state index in [0.717, 1.165) is 40.7 Å². The summed E-state index contributed by atoms with van der Waals surface area (Å²) < 4.78 is 0. The molecule has 2 aromatic carbocycles. The molecule has 0 unspecified atom stereocenters. The molecule has 0 aliphatic heterocycles. The molecule has 2 aliphatic rings. The molecule has 1 aromatic heterocycles. The van der Waals surface area contributed by atoms with Gasteiger partial charge in [0, 0.05) is 23.0 Å². The van der Waals surface area contributed by atoms with Gasteiger partial charge in [-0.25, -0.2) is 9.97 Å². The van der Waals surface area contributed by atoms with E-state index in [2.05, 4.69) is 26.7 Å². The third-order valence-corrected chi connectivity index (χ3v) is 4.92. The molecule has 0 radical (unpaired) electrons. The van der Waals surface area contributed by atoms with Gasteiger partial charge in [0.25, 0.3) is 5.91 Å². The summed E-state index contributed by atoms with van der Waals surface area (Å²) in [7, 11) is 0. The predicted molar refractivity (Wildman–Crippen MR) is 102 cm³/mol. The average Bonchev–Trinajstić information content (AvgIpc) is 3.59. The minimum absolute atomic E-state index is 0.00885. The molecular weight excluding hydrogens is 324 g/mol. The van der Waals surface area contributed by atoms with Gasteiger partial charge < -0.3 is 10.6 Å². The van der Waals surface area contributed by atoms with E-state index in [-0.39, 0.29) is 5.91 Å². The lowest BCUT2D eigenvalue weighted by molar-refractivity contribution is 0.0951. The first kappa shape index (κ1) is 15.3. The fourth-order valence-electron chi connectivity index (χ4n) is 3.11. The number of amides is 1. The van der Waals surface area contributed by atoms with E-state index in [1.807, 2.05) is 36.4 Å². The highest BCUT2D eigenvalue weighted by atomic mass is 16.1. The number of anilines is 1. The number of hydrogen-bond acceptors (Lipinski definition) is 4. The van der Waals surface area contributed by atoms with Crippen molar-refractivity contribution in [1.82, 2.24) is 15.3 Å². The second-order valence-corrected chi connectivity index (χ2v) is 7.20. The van der Waals surface area contributed by atoms with Gasteiger partial charge in [0.1, 0.15) is 12.1 Å². The van der Waals surface area contributed by atoms with Gasteiger partial charge in [-0.1, -0.05) is 18.2 Å². The summed E-state index contributed by atoms with van der Waals surface area (Å²) >= 11 is 0. The summed E-state index contributed by atoms with van der Waals surface area (Å²) in [4.78, 5) is 21.1. The van der Waals surface area contributed by atoms with Crippen molar-refractivity contribution < 1.29 is 4.79 Å². The van der Waals surface area contributed by atoms with Crippen LogP contribution in [0.1, 0.15) is 36.0 Å². The van der Waals surface area contributed by atoms with Gasteiger partial charge >= 0.3 is 0 Å². The lowest BCUT2D eigenvalue weighted by Gasteiger charge is -2.10. The number of hydrogen-bond donors (Lipinski definition) is 2. The second kappa shape index (κ2) is 6.09. The van der Waals surface area contributed by atoms with Crippen LogP contribution in [0.5, 0.6) is 0 Å². The number of nitrogens with zero attached hydrogens (tertiary/aromatic N) is 2. The number of rotatable bonds is 5. The normalized spacial score (nSPS) is 16.5. The highest BCUT2D eigenvalue weighted by Crippen LogP contribution is 2.31. The summed E-state index contributed by atoms with van der Waals surface area (Å²) in [6.45, 7) is 0. The minimum Gasteiger partial charge on any atom is -0.367 e. The van der Waals surface area contributed by atoms with Gasteiger partial charge in [-0.15, -0.1) is 0 Å². The summed E-state index contributed by atoms with van der Waals surface area (Å²) in [6.07, 6.45) is 6.18. The minimum atomic E-state index is 0.00885. The first-order chi connectivity index (χ1) is 12.8. The van der Waals surface area contributed by atoms with E-state index in [0.29, 0.717) is 17.6 Å². The topological polar surface area (TPSA) is 66.9 Å². The van der Waals surface area contributed by atoms with Gasteiger partial charge in [0.05, 0.1) is 5.52 Å². The Kier molecular flexibility index (Phi) is 3.59. The molecule has 2 N–H and O–H groups in total. The number of aromatic nitrogens is 2. The lowest BCUT2D eigenvalue weighted by atomic mass is 10.0. The Balaban J connectivity index is 1.50. The molecule has 3 aromatic rings. The van der Waals surface area contributed by atoms with Crippen LogP contribution in [0.2, 0.25) is 0 Å². The highest BCUT2D eigenvalue weighted by molar-refractivity contribution is 5.97. The lowest BCUT2D eigenvalue weighted by Crippen LogP contribution is -2.25. The molecule has 0 atom stereocenters.